The van der Waals surface area contributed by atoms with Gasteiger partial charge in [0.2, 0.25) is 0 Å². The Bertz CT molecular complexity index is 66.7. The van der Waals surface area contributed by atoms with E-state index < -0.39 is 5.38 Å². The van der Waals surface area contributed by atoms with E-state index in [2.05, 4.69) is 0 Å². The van der Waals surface area contributed by atoms with Crippen LogP contribution in [0.25, 0.3) is 0 Å². The van der Waals surface area contributed by atoms with Crippen LogP contribution in [0.4, 0.5) is 0 Å². The Hall–Kier alpha value is 0.510. The topological polar surface area (TPSA) is 129 Å². The zero-order valence-electron chi connectivity index (χ0n) is 6.43. The number of rotatable bonds is 2. The third kappa shape index (κ3) is 23.6. The van der Waals surface area contributed by atoms with Crippen LogP contribution in [0.5, 0.6) is 0 Å². The van der Waals surface area contributed by atoms with E-state index in [0.717, 1.165) is 0 Å². The molecule has 0 aromatic heterocycles. The largest absolute Gasteiger partial charge is 1.00 e. The normalized spacial score (nSPS) is 5.00. The Kier molecular flexibility index (Phi) is 71.0. The van der Waals surface area contributed by atoms with Crippen molar-refractivity contribution in [2.75, 3.05) is 0 Å². The zero-order valence-corrected chi connectivity index (χ0v) is 8.18. The molecule has 0 fully saturated rings. The second-order valence-corrected chi connectivity index (χ2v) is 1.22. The van der Waals surface area contributed by atoms with Gasteiger partial charge in [-0.15, -0.1) is 11.6 Å². The van der Waals surface area contributed by atoms with Crippen molar-refractivity contribution in [1.29, 1.82) is 0 Å². The Morgan fingerprint density at radius 3 is 1.30 bits per heavy atom. The second kappa shape index (κ2) is 22.7. The summed E-state index contributed by atoms with van der Waals surface area (Å²) in [6.45, 7) is 0. The van der Waals surface area contributed by atoms with Gasteiger partial charge in [0.05, 0.1) is 0 Å². The average Bonchev–Trinajstić information content (AvgIpc) is 1.65. The van der Waals surface area contributed by atoms with Crippen LogP contribution in [-0.2, 0) is 9.59 Å². The van der Waals surface area contributed by atoms with Gasteiger partial charge in [-0.05, 0) is 0 Å². The number of hydrogen-bond acceptors (Lipinski definition) is 2. The summed E-state index contributed by atoms with van der Waals surface area (Å²) >= 11 is 4.91. The van der Waals surface area contributed by atoms with Gasteiger partial charge in [0.1, 0.15) is 17.9 Å². The molecule has 0 unspecified atom stereocenters. The summed E-state index contributed by atoms with van der Waals surface area (Å²) in [5.74, 6) is 0. The molecule has 0 aliphatic carbocycles. The minimum absolute atomic E-state index is 0. The third-order valence-corrected chi connectivity index (χ3v) is 0.466. The zero-order chi connectivity index (χ0) is 4.99. The smallest absolute Gasteiger partial charge is 1.00 e. The Morgan fingerprint density at radius 1 is 1.10 bits per heavy atom. The van der Waals surface area contributed by atoms with E-state index in [1.165, 1.54) is 0 Å². The van der Waals surface area contributed by atoms with Gasteiger partial charge >= 0.3 is 29.6 Å². The Morgan fingerprint density at radius 2 is 1.30 bits per heavy atom. The first-order valence-electron chi connectivity index (χ1n) is 1.36. The van der Waals surface area contributed by atoms with Gasteiger partial charge in [-0.1, -0.05) is 0 Å². The van der Waals surface area contributed by atoms with Gasteiger partial charge in [0.15, 0.2) is 0 Å². The molecule has 10 heavy (non-hydrogen) atoms. The van der Waals surface area contributed by atoms with Crippen molar-refractivity contribution in [3.63, 3.8) is 0 Å². The van der Waals surface area contributed by atoms with Crippen molar-refractivity contribution < 1.29 is 57.0 Å². The van der Waals surface area contributed by atoms with Crippen LogP contribution in [0.15, 0.2) is 0 Å². The van der Waals surface area contributed by atoms with Crippen molar-refractivity contribution in [3.05, 3.63) is 0 Å². The van der Waals surface area contributed by atoms with Crippen LogP contribution < -0.4 is 29.6 Å². The molecule has 0 heterocycles. The van der Waals surface area contributed by atoms with Crippen LogP contribution >= 0.6 is 11.6 Å². The molecule has 0 radical (unpaired) electrons. The second-order valence-electron chi connectivity index (χ2n) is 0.717. The molecular formula is C3H10ClNaO5. The molecule has 0 aromatic rings. The molecular weight excluding hydrogens is 174 g/mol. The number of halogens is 1. The van der Waals surface area contributed by atoms with Gasteiger partial charge in [0.25, 0.3) is 0 Å². The van der Waals surface area contributed by atoms with Crippen LogP contribution in [0.2, 0.25) is 0 Å². The number of alkyl halides is 1. The summed E-state index contributed by atoms with van der Waals surface area (Å²) in [6.07, 6.45) is 0.739. The van der Waals surface area contributed by atoms with Crippen LogP contribution in [0, 0.1) is 0 Å². The minimum atomic E-state index is -0.954. The first-order valence-corrected chi connectivity index (χ1v) is 1.79. The summed E-state index contributed by atoms with van der Waals surface area (Å²) in [4.78, 5) is 18.7. The summed E-state index contributed by atoms with van der Waals surface area (Å²) in [5.41, 5.74) is 0. The molecule has 60 valence electrons. The molecule has 6 N–H and O–H groups in total. The molecule has 0 saturated carbocycles. The predicted octanol–water partition coefficient (Wildman–Crippen LogP) is -5.37. The first kappa shape index (κ1) is 31.3. The molecule has 5 nitrogen and oxygen atoms in total. The van der Waals surface area contributed by atoms with Gasteiger partial charge in [-0.3, -0.25) is 0 Å². The van der Waals surface area contributed by atoms with E-state index in [0.29, 0.717) is 12.6 Å². The van der Waals surface area contributed by atoms with Crippen molar-refractivity contribution in [1.82, 2.24) is 0 Å². The number of carbonyl (C=O) groups excluding carboxylic acids is 2. The number of hydrogen-bond donors (Lipinski definition) is 0. The van der Waals surface area contributed by atoms with Crippen LogP contribution in [0.3, 0.4) is 0 Å². The van der Waals surface area contributed by atoms with E-state index in [4.69, 9.17) is 11.6 Å². The molecule has 0 rings (SSSR count). The monoisotopic (exact) mass is 184 g/mol. The maximum atomic E-state index is 9.37. The summed E-state index contributed by atoms with van der Waals surface area (Å²) < 4.78 is 0. The standard InChI is InChI=1S/C3H3ClO2.Na.3H2O.H/c4-3(1-5)2-6;;;;;/h1-3H;;3*1H2;/q;+1;;;;-1. The summed E-state index contributed by atoms with van der Waals surface area (Å²) in [5, 5.41) is -0.954. The van der Waals surface area contributed by atoms with Crippen molar-refractivity contribution >= 4 is 24.2 Å². The van der Waals surface area contributed by atoms with E-state index >= 15 is 0 Å². The van der Waals surface area contributed by atoms with Crippen molar-refractivity contribution in [3.8, 4) is 0 Å². The van der Waals surface area contributed by atoms with E-state index in [1.807, 2.05) is 0 Å². The van der Waals surface area contributed by atoms with Crippen molar-refractivity contribution in [2.45, 2.75) is 5.38 Å². The third-order valence-electron chi connectivity index (χ3n) is 0.260. The molecule has 0 spiro atoms. The SMILES string of the molecule is O.O.O.O=CC(Cl)C=O.[H-].[Na+]. The molecule has 0 aliphatic rings. The van der Waals surface area contributed by atoms with E-state index in [-0.39, 0.29) is 47.4 Å². The predicted molar refractivity (Wildman–Crippen MR) is 33.7 cm³/mol. The molecule has 0 aromatic carbocycles. The average molecular weight is 185 g/mol. The van der Waals surface area contributed by atoms with Gasteiger partial charge < -0.3 is 27.4 Å². The van der Waals surface area contributed by atoms with E-state index in [1.54, 1.807) is 0 Å². The fourth-order valence-electron chi connectivity index (χ4n) is 0.0321. The molecule has 0 saturated heterocycles. The molecule has 0 bridgehead atoms. The molecule has 0 amide bonds. The van der Waals surface area contributed by atoms with Crippen LogP contribution in [-0.4, -0.2) is 34.4 Å². The van der Waals surface area contributed by atoms with Crippen LogP contribution in [0.1, 0.15) is 1.43 Å². The number of carbonyl (C=O) groups is 2. The fraction of sp³-hybridized carbons (Fsp3) is 0.333. The van der Waals surface area contributed by atoms with E-state index in [9.17, 15) is 9.59 Å². The first-order chi connectivity index (χ1) is 2.81. The Labute approximate surface area is 86.4 Å². The van der Waals surface area contributed by atoms with Gasteiger partial charge in [-0.2, -0.15) is 0 Å². The quantitative estimate of drug-likeness (QED) is 0.184. The minimum Gasteiger partial charge on any atom is -1.00 e. The fourth-order valence-corrected chi connectivity index (χ4v) is 0.0321. The number of aldehydes is 2. The molecule has 0 aliphatic heterocycles. The molecule has 7 heteroatoms. The Balaban J connectivity index is -0.0000000125. The summed E-state index contributed by atoms with van der Waals surface area (Å²) in [6, 6.07) is 0. The maximum absolute atomic E-state index is 9.37. The van der Waals surface area contributed by atoms with Gasteiger partial charge in [0, 0.05) is 0 Å². The maximum Gasteiger partial charge on any atom is 1.00 e. The molecule has 0 atom stereocenters. The van der Waals surface area contributed by atoms with Crippen molar-refractivity contribution in [2.24, 2.45) is 0 Å². The summed E-state index contributed by atoms with van der Waals surface area (Å²) in [7, 11) is 0. The van der Waals surface area contributed by atoms with Gasteiger partial charge in [-0.25, -0.2) is 0 Å².